The van der Waals surface area contributed by atoms with E-state index in [2.05, 4.69) is 74.9 Å². The van der Waals surface area contributed by atoms with Crippen molar-refractivity contribution in [1.29, 1.82) is 0 Å². The predicted octanol–water partition coefficient (Wildman–Crippen LogP) is 8.69. The summed E-state index contributed by atoms with van der Waals surface area (Å²) in [5, 5.41) is 5.09. The van der Waals surface area contributed by atoms with E-state index in [0.29, 0.717) is 13.1 Å². The van der Waals surface area contributed by atoms with Gasteiger partial charge in [0.25, 0.3) is 0 Å². The molecular weight excluding hydrogens is 604 g/mol. The number of hydrogen-bond donors (Lipinski definition) is 3. The molecule has 1 atom stereocenters. The summed E-state index contributed by atoms with van der Waals surface area (Å²) < 4.78 is 10.9. The summed E-state index contributed by atoms with van der Waals surface area (Å²) in [6.07, 6.45) is 5.48. The molecule has 1 saturated heterocycles. The Hall–Kier alpha value is -4.86. The van der Waals surface area contributed by atoms with Crippen molar-refractivity contribution in [1.82, 2.24) is 30.2 Å². The fourth-order valence-corrected chi connectivity index (χ4v) is 6.12. The summed E-state index contributed by atoms with van der Waals surface area (Å²) in [5.74, 6) is 1.72. The van der Waals surface area contributed by atoms with Crippen LogP contribution in [0.15, 0.2) is 60.8 Å². The van der Waals surface area contributed by atoms with Gasteiger partial charge in [0.15, 0.2) is 0 Å². The first kappa shape index (κ1) is 33.1. The number of ether oxygens (including phenoxy) is 2. The number of hydrogen-bond acceptors (Lipinski definition) is 6. The first-order valence-electron chi connectivity index (χ1n) is 16.9. The lowest BCUT2D eigenvalue weighted by atomic mass is 9.99. The van der Waals surface area contributed by atoms with Crippen LogP contribution in [0, 0.1) is 0 Å². The molecule has 6 rings (SSSR count). The van der Waals surface area contributed by atoms with E-state index in [1.807, 2.05) is 47.7 Å². The number of amides is 2. The van der Waals surface area contributed by atoms with Gasteiger partial charge in [-0.1, -0.05) is 30.3 Å². The molecule has 252 valence electrons. The van der Waals surface area contributed by atoms with Gasteiger partial charge in [-0.25, -0.2) is 19.6 Å². The van der Waals surface area contributed by atoms with Crippen LogP contribution in [0.5, 0.6) is 0 Å². The van der Waals surface area contributed by atoms with Crippen molar-refractivity contribution in [2.45, 2.75) is 90.9 Å². The van der Waals surface area contributed by atoms with Crippen LogP contribution in [0.4, 0.5) is 9.59 Å². The van der Waals surface area contributed by atoms with Gasteiger partial charge in [0.1, 0.15) is 22.9 Å². The highest BCUT2D eigenvalue weighted by molar-refractivity contribution is 5.92. The van der Waals surface area contributed by atoms with Crippen LogP contribution < -0.4 is 5.32 Å². The van der Waals surface area contributed by atoms with E-state index < -0.39 is 11.2 Å². The predicted molar refractivity (Wildman–Crippen MR) is 189 cm³/mol. The Morgan fingerprint density at radius 3 is 2.35 bits per heavy atom. The van der Waals surface area contributed by atoms with Crippen molar-refractivity contribution in [3.05, 3.63) is 72.4 Å². The van der Waals surface area contributed by atoms with Crippen molar-refractivity contribution in [2.24, 2.45) is 0 Å². The van der Waals surface area contributed by atoms with Crippen molar-refractivity contribution in [3.8, 4) is 22.4 Å². The first-order chi connectivity index (χ1) is 22.8. The van der Waals surface area contributed by atoms with E-state index in [-0.39, 0.29) is 18.2 Å². The topological polar surface area (TPSA) is 125 Å². The molecule has 10 heteroatoms. The lowest BCUT2D eigenvalue weighted by Gasteiger charge is -2.27. The molecule has 0 bridgehead atoms. The number of rotatable bonds is 8. The molecule has 0 aliphatic carbocycles. The van der Waals surface area contributed by atoms with Gasteiger partial charge in [-0.15, -0.1) is 0 Å². The quantitative estimate of drug-likeness (QED) is 0.144. The molecule has 10 nitrogen and oxygen atoms in total. The third kappa shape index (κ3) is 7.98. The average molecular weight is 651 g/mol. The van der Waals surface area contributed by atoms with Gasteiger partial charge in [0, 0.05) is 25.1 Å². The fourth-order valence-electron chi connectivity index (χ4n) is 6.12. The maximum Gasteiger partial charge on any atom is 0.410 e. The average Bonchev–Trinajstić information content (AvgIpc) is 3.78. The van der Waals surface area contributed by atoms with Gasteiger partial charge in [-0.3, -0.25) is 4.90 Å². The van der Waals surface area contributed by atoms with Gasteiger partial charge in [-0.2, -0.15) is 0 Å². The van der Waals surface area contributed by atoms with E-state index in [9.17, 15) is 9.59 Å². The molecule has 1 fully saturated rings. The van der Waals surface area contributed by atoms with E-state index >= 15 is 0 Å². The van der Waals surface area contributed by atoms with Crippen LogP contribution >= 0.6 is 0 Å². The van der Waals surface area contributed by atoms with Crippen LogP contribution in [0.2, 0.25) is 0 Å². The highest BCUT2D eigenvalue weighted by atomic mass is 16.6. The maximum absolute atomic E-state index is 12.8. The molecule has 48 heavy (non-hydrogen) atoms. The molecule has 0 unspecified atom stereocenters. The number of nitrogens with zero attached hydrogens (tertiary/aromatic N) is 3. The standard InChI is InChI=1S/C38H46N6O4/c1-37(2,3)47-35(45)39-18-8-7-11-33-41-29-17-16-26(22-30(29)42-33)25-14-12-24-13-15-27(21-28(24)20-25)31-23-40-34(43-31)32-10-9-19-44(32)36(46)48-38(4,5)6/h12-17,20-23,32H,7-11,18-19H2,1-6H3,(H,39,45)(H,40,43)(H,41,42)/t32-/m0/s1. The summed E-state index contributed by atoms with van der Waals surface area (Å²) in [6.45, 7) is 12.5. The van der Waals surface area contributed by atoms with Crippen molar-refractivity contribution in [3.63, 3.8) is 0 Å². The number of imidazole rings is 2. The van der Waals surface area contributed by atoms with Crippen molar-refractivity contribution >= 4 is 34.0 Å². The summed E-state index contributed by atoms with van der Waals surface area (Å²) in [7, 11) is 0. The Morgan fingerprint density at radius 2 is 1.58 bits per heavy atom. The Labute approximate surface area is 281 Å². The zero-order valence-electron chi connectivity index (χ0n) is 28.8. The van der Waals surface area contributed by atoms with Gasteiger partial charge in [0.2, 0.25) is 0 Å². The maximum atomic E-state index is 12.8. The lowest BCUT2D eigenvalue weighted by Crippen LogP contribution is -2.36. The number of alkyl carbamates (subject to hydrolysis) is 1. The Balaban J connectivity index is 1.12. The van der Waals surface area contributed by atoms with Crippen molar-refractivity contribution in [2.75, 3.05) is 13.1 Å². The summed E-state index contributed by atoms with van der Waals surface area (Å²) in [6, 6.07) is 19.1. The normalized spacial score (nSPS) is 15.3. The molecule has 2 amide bonds. The molecule has 3 aromatic carbocycles. The Kier molecular flexibility index (Phi) is 9.18. The van der Waals surface area contributed by atoms with E-state index in [0.717, 1.165) is 87.9 Å². The van der Waals surface area contributed by atoms with Crippen LogP contribution in [-0.4, -0.2) is 61.3 Å². The first-order valence-corrected chi connectivity index (χ1v) is 16.9. The number of carbonyl (C=O) groups is 2. The molecule has 1 aliphatic rings. The molecule has 2 aromatic heterocycles. The van der Waals surface area contributed by atoms with Gasteiger partial charge in [-0.05, 0) is 113 Å². The molecule has 5 aromatic rings. The van der Waals surface area contributed by atoms with Crippen LogP contribution in [0.25, 0.3) is 44.2 Å². The van der Waals surface area contributed by atoms with E-state index in [4.69, 9.17) is 14.5 Å². The van der Waals surface area contributed by atoms with Gasteiger partial charge >= 0.3 is 12.2 Å². The minimum atomic E-state index is -0.542. The number of aromatic nitrogens is 4. The van der Waals surface area contributed by atoms with Crippen LogP contribution in [0.1, 0.15) is 84.9 Å². The second-order valence-corrected chi connectivity index (χ2v) is 14.6. The summed E-state index contributed by atoms with van der Waals surface area (Å²) >= 11 is 0. The molecule has 0 saturated carbocycles. The smallest absolute Gasteiger partial charge is 0.410 e. The second kappa shape index (κ2) is 13.3. The van der Waals surface area contributed by atoms with E-state index in [1.165, 1.54) is 0 Å². The Morgan fingerprint density at radius 1 is 0.875 bits per heavy atom. The third-order valence-corrected chi connectivity index (χ3v) is 8.32. The number of fused-ring (bicyclic) bond motifs is 2. The largest absolute Gasteiger partial charge is 0.444 e. The lowest BCUT2D eigenvalue weighted by molar-refractivity contribution is 0.0218. The monoisotopic (exact) mass is 650 g/mol. The van der Waals surface area contributed by atoms with Crippen LogP contribution in [-0.2, 0) is 15.9 Å². The minimum absolute atomic E-state index is 0.125. The number of aromatic amines is 2. The molecular formula is C38H46N6O4. The number of carbonyl (C=O) groups excluding carboxylic acids is 2. The SMILES string of the molecule is CC(C)(C)OC(=O)NCCCCc1nc2ccc(-c3ccc4ccc(-c5cnc([C@@H]6CCCN6C(=O)OC(C)(C)C)[nH]5)cc4c3)cc2[nH]1. The number of benzene rings is 3. The number of nitrogens with one attached hydrogen (secondary N) is 3. The molecule has 1 aliphatic heterocycles. The van der Waals surface area contributed by atoms with Gasteiger partial charge in [0.05, 0.1) is 29.0 Å². The molecule has 3 N–H and O–H groups in total. The minimum Gasteiger partial charge on any atom is -0.444 e. The highest BCUT2D eigenvalue weighted by Crippen LogP contribution is 2.34. The third-order valence-electron chi connectivity index (χ3n) is 8.32. The van der Waals surface area contributed by atoms with Gasteiger partial charge < -0.3 is 24.8 Å². The number of aryl methyl sites for hydroxylation is 1. The zero-order chi connectivity index (χ0) is 34.1. The summed E-state index contributed by atoms with van der Waals surface area (Å²) in [4.78, 5) is 42.9. The molecule has 0 spiro atoms. The Bertz CT molecular complexity index is 1930. The summed E-state index contributed by atoms with van der Waals surface area (Å²) in [5.41, 5.74) is 5.08. The molecule has 3 heterocycles. The zero-order valence-corrected chi connectivity index (χ0v) is 28.8. The second-order valence-electron chi connectivity index (χ2n) is 14.6. The fraction of sp³-hybridized carbons (Fsp3) is 0.421. The number of unbranched alkanes of at least 4 members (excludes halogenated alkanes) is 1. The number of likely N-dealkylation sites (tertiary alicyclic amines) is 1. The number of H-pyrrole nitrogens is 2. The van der Waals surface area contributed by atoms with Crippen LogP contribution in [0.3, 0.4) is 0 Å². The van der Waals surface area contributed by atoms with E-state index in [1.54, 1.807) is 4.90 Å². The highest BCUT2D eigenvalue weighted by Gasteiger charge is 2.34. The van der Waals surface area contributed by atoms with Crippen molar-refractivity contribution < 1.29 is 19.1 Å². The molecule has 0 radical (unpaired) electrons.